The van der Waals surface area contributed by atoms with E-state index in [0.717, 1.165) is 11.6 Å². The van der Waals surface area contributed by atoms with Crippen molar-refractivity contribution in [3.05, 3.63) is 24.8 Å². The van der Waals surface area contributed by atoms with E-state index in [4.69, 9.17) is 0 Å². The monoisotopic (exact) mass is 155 g/mol. The highest BCUT2D eigenvalue weighted by molar-refractivity contribution is 8.13. The Bertz CT molecular complexity index is 147. The molecule has 0 amide bonds. The summed E-state index contributed by atoms with van der Waals surface area (Å²) in [4.78, 5) is 4.23. The van der Waals surface area contributed by atoms with E-state index in [0.29, 0.717) is 0 Å². The van der Waals surface area contributed by atoms with Crippen LogP contribution >= 0.6 is 11.8 Å². The molecule has 0 aliphatic heterocycles. The molecular formula is C8H13NS. The third-order valence-electron chi connectivity index (χ3n) is 0.987. The molecule has 0 N–H and O–H groups in total. The Morgan fingerprint density at radius 2 is 2.40 bits per heavy atom. The minimum atomic E-state index is 0.763. The standard InChI is InChI=1S/C8H13NS/c1-4-5-6-7-9-8(2)10-3/h4-6H,1,7H2,2-3H3/b6-5-,9-8?. The molecule has 0 atom stereocenters. The molecule has 0 aromatic rings. The molecular weight excluding hydrogens is 142 g/mol. The predicted octanol–water partition coefficient (Wildman–Crippen LogP) is 2.51. The van der Waals surface area contributed by atoms with Crippen molar-refractivity contribution in [2.45, 2.75) is 6.92 Å². The van der Waals surface area contributed by atoms with Gasteiger partial charge in [0.2, 0.25) is 0 Å². The Balaban J connectivity index is 3.51. The Morgan fingerprint density at radius 1 is 1.70 bits per heavy atom. The molecule has 0 fully saturated rings. The molecule has 0 aromatic carbocycles. The molecule has 1 nitrogen and oxygen atoms in total. The summed E-state index contributed by atoms with van der Waals surface area (Å²) in [7, 11) is 0. The Hall–Kier alpha value is -0.500. The lowest BCUT2D eigenvalue weighted by atomic mass is 10.5. The van der Waals surface area contributed by atoms with Crippen LogP contribution < -0.4 is 0 Å². The molecule has 0 heterocycles. The number of hydrogen-bond donors (Lipinski definition) is 0. The molecule has 10 heavy (non-hydrogen) atoms. The largest absolute Gasteiger partial charge is 0.279 e. The smallest absolute Gasteiger partial charge is 0.0646 e. The number of aliphatic imine (C=N–C) groups is 1. The molecule has 0 rings (SSSR count). The topological polar surface area (TPSA) is 12.4 Å². The average Bonchev–Trinajstić information content (AvgIpc) is 1.98. The van der Waals surface area contributed by atoms with Crippen molar-refractivity contribution in [2.75, 3.05) is 12.8 Å². The lowest BCUT2D eigenvalue weighted by molar-refractivity contribution is 1.25. The molecule has 0 bridgehead atoms. The minimum absolute atomic E-state index is 0.763. The van der Waals surface area contributed by atoms with E-state index in [1.54, 1.807) is 17.8 Å². The molecule has 56 valence electrons. The fourth-order valence-corrected chi connectivity index (χ4v) is 0.607. The van der Waals surface area contributed by atoms with Crippen molar-refractivity contribution in [2.24, 2.45) is 4.99 Å². The first-order valence-corrected chi connectivity index (χ1v) is 4.36. The van der Waals surface area contributed by atoms with Crippen LogP contribution in [0, 0.1) is 0 Å². The zero-order valence-corrected chi connectivity index (χ0v) is 7.32. The average molecular weight is 155 g/mol. The van der Waals surface area contributed by atoms with E-state index in [9.17, 15) is 0 Å². The number of rotatable bonds is 3. The van der Waals surface area contributed by atoms with Gasteiger partial charge in [-0.05, 0) is 13.2 Å². The second kappa shape index (κ2) is 6.62. The lowest BCUT2D eigenvalue weighted by Crippen LogP contribution is -1.82. The summed E-state index contributed by atoms with van der Waals surface area (Å²) in [6, 6.07) is 0. The van der Waals surface area contributed by atoms with Gasteiger partial charge in [0.1, 0.15) is 0 Å². The normalized spacial score (nSPS) is 12.4. The van der Waals surface area contributed by atoms with Crippen molar-refractivity contribution in [3.63, 3.8) is 0 Å². The van der Waals surface area contributed by atoms with Crippen molar-refractivity contribution in [1.29, 1.82) is 0 Å². The number of hydrogen-bond acceptors (Lipinski definition) is 2. The Labute approximate surface area is 66.9 Å². The van der Waals surface area contributed by atoms with Crippen LogP contribution in [0.3, 0.4) is 0 Å². The quantitative estimate of drug-likeness (QED) is 0.346. The van der Waals surface area contributed by atoms with Crippen LogP contribution in [-0.2, 0) is 0 Å². The molecule has 0 radical (unpaired) electrons. The summed E-state index contributed by atoms with van der Waals surface area (Å²) in [6.45, 7) is 6.33. The fourth-order valence-electron chi connectivity index (χ4n) is 0.403. The summed E-state index contributed by atoms with van der Waals surface area (Å²) in [5, 5.41) is 1.12. The van der Waals surface area contributed by atoms with Crippen LogP contribution in [0.25, 0.3) is 0 Å². The second-order valence-electron chi connectivity index (χ2n) is 1.73. The molecule has 0 aliphatic carbocycles. The van der Waals surface area contributed by atoms with Gasteiger partial charge < -0.3 is 0 Å². The first-order valence-electron chi connectivity index (χ1n) is 3.14. The maximum atomic E-state index is 4.23. The third-order valence-corrected chi connectivity index (χ3v) is 1.71. The van der Waals surface area contributed by atoms with Crippen LogP contribution in [0.15, 0.2) is 29.8 Å². The van der Waals surface area contributed by atoms with Crippen LogP contribution in [0.5, 0.6) is 0 Å². The maximum Gasteiger partial charge on any atom is 0.0646 e. The van der Waals surface area contributed by atoms with E-state index in [1.165, 1.54) is 0 Å². The van der Waals surface area contributed by atoms with Gasteiger partial charge in [-0.1, -0.05) is 24.8 Å². The maximum absolute atomic E-state index is 4.23. The summed E-state index contributed by atoms with van der Waals surface area (Å²) in [6.07, 6.45) is 7.66. The first-order chi connectivity index (χ1) is 4.81. The highest BCUT2D eigenvalue weighted by Crippen LogP contribution is 1.95. The van der Waals surface area contributed by atoms with Crippen LogP contribution in [0.2, 0.25) is 0 Å². The van der Waals surface area contributed by atoms with Gasteiger partial charge in [0, 0.05) is 0 Å². The first kappa shape index (κ1) is 9.50. The number of thioether (sulfide) groups is 1. The second-order valence-corrected chi connectivity index (χ2v) is 2.73. The SMILES string of the molecule is C=C/C=C\CN=C(C)SC. The van der Waals surface area contributed by atoms with Crippen LogP contribution in [-0.4, -0.2) is 17.8 Å². The number of allylic oxidation sites excluding steroid dienone is 2. The van der Waals surface area contributed by atoms with Gasteiger partial charge in [-0.25, -0.2) is 0 Å². The summed E-state index contributed by atoms with van der Waals surface area (Å²) in [5.41, 5.74) is 0. The van der Waals surface area contributed by atoms with Crippen LogP contribution in [0.1, 0.15) is 6.92 Å². The number of nitrogens with zero attached hydrogens (tertiary/aromatic N) is 1. The van der Waals surface area contributed by atoms with E-state index in [-0.39, 0.29) is 0 Å². The molecule has 2 heteroatoms. The summed E-state index contributed by atoms with van der Waals surface area (Å²) >= 11 is 1.67. The van der Waals surface area contributed by atoms with Crippen molar-refractivity contribution < 1.29 is 0 Å². The third kappa shape index (κ3) is 5.63. The molecule has 0 spiro atoms. The molecule has 0 unspecified atom stereocenters. The van der Waals surface area contributed by atoms with Gasteiger partial charge in [0.15, 0.2) is 0 Å². The van der Waals surface area contributed by atoms with Gasteiger partial charge in [0.05, 0.1) is 11.6 Å². The highest BCUT2D eigenvalue weighted by atomic mass is 32.2. The van der Waals surface area contributed by atoms with Gasteiger partial charge in [-0.2, -0.15) is 0 Å². The zero-order chi connectivity index (χ0) is 7.82. The fraction of sp³-hybridized carbons (Fsp3) is 0.375. The molecule has 0 saturated carbocycles. The molecule has 0 aromatic heterocycles. The summed E-state index contributed by atoms with van der Waals surface area (Å²) in [5.74, 6) is 0. The predicted molar refractivity (Wildman–Crippen MR) is 50.8 cm³/mol. The van der Waals surface area contributed by atoms with E-state index in [2.05, 4.69) is 11.6 Å². The minimum Gasteiger partial charge on any atom is -0.279 e. The molecule has 0 saturated heterocycles. The molecule has 0 aliphatic rings. The van der Waals surface area contributed by atoms with Gasteiger partial charge in [0.25, 0.3) is 0 Å². The Kier molecular flexibility index (Phi) is 6.29. The highest BCUT2D eigenvalue weighted by Gasteiger charge is 1.80. The van der Waals surface area contributed by atoms with Gasteiger partial charge in [-0.3, -0.25) is 4.99 Å². The zero-order valence-electron chi connectivity index (χ0n) is 6.50. The Morgan fingerprint density at radius 3 is 2.90 bits per heavy atom. The van der Waals surface area contributed by atoms with Crippen molar-refractivity contribution in [1.82, 2.24) is 0 Å². The van der Waals surface area contributed by atoms with E-state index in [1.807, 2.05) is 25.3 Å². The lowest BCUT2D eigenvalue weighted by Gasteiger charge is -1.89. The van der Waals surface area contributed by atoms with E-state index >= 15 is 0 Å². The van der Waals surface area contributed by atoms with Gasteiger partial charge >= 0.3 is 0 Å². The summed E-state index contributed by atoms with van der Waals surface area (Å²) < 4.78 is 0. The van der Waals surface area contributed by atoms with E-state index < -0.39 is 0 Å². The van der Waals surface area contributed by atoms with Crippen molar-refractivity contribution in [3.8, 4) is 0 Å². The van der Waals surface area contributed by atoms with Crippen LogP contribution in [0.4, 0.5) is 0 Å². The van der Waals surface area contributed by atoms with Crippen molar-refractivity contribution >= 4 is 16.8 Å². The van der Waals surface area contributed by atoms with Gasteiger partial charge in [-0.15, -0.1) is 11.8 Å².